The Hall–Kier alpha value is -5.96. The second-order valence-electron chi connectivity index (χ2n) is 15.2. The van der Waals surface area contributed by atoms with Crippen molar-refractivity contribution in [2.24, 2.45) is 5.92 Å². The van der Waals surface area contributed by atoms with E-state index in [0.717, 1.165) is 11.6 Å². The van der Waals surface area contributed by atoms with Crippen molar-refractivity contribution in [3.8, 4) is 17.2 Å². The Bertz CT molecular complexity index is 2430. The van der Waals surface area contributed by atoms with Crippen LogP contribution in [0.2, 0.25) is 0 Å². The van der Waals surface area contributed by atoms with Crippen molar-refractivity contribution in [2.75, 3.05) is 31.7 Å². The van der Waals surface area contributed by atoms with Gasteiger partial charge in [0, 0.05) is 59.3 Å². The maximum Gasteiger partial charge on any atom is 0.334 e. The molecule has 304 valence electrons. The van der Waals surface area contributed by atoms with Gasteiger partial charge in [-0.25, -0.2) is 14.8 Å². The van der Waals surface area contributed by atoms with Crippen LogP contribution in [0.1, 0.15) is 77.7 Å². The zero-order valence-electron chi connectivity index (χ0n) is 32.7. The van der Waals surface area contributed by atoms with Gasteiger partial charge in [0.1, 0.15) is 63.9 Å². The molecule has 2 aliphatic rings. The molecule has 5 unspecified atom stereocenters. The van der Waals surface area contributed by atoms with Crippen LogP contribution < -0.4 is 26.9 Å². The average molecular weight is 792 g/mol. The molecule has 0 saturated carbocycles. The van der Waals surface area contributed by atoms with Gasteiger partial charge in [-0.05, 0) is 99.6 Å². The summed E-state index contributed by atoms with van der Waals surface area (Å²) in [7, 11) is 1.79. The van der Waals surface area contributed by atoms with E-state index in [2.05, 4.69) is 15.3 Å². The molecule has 9 N–H and O–H groups in total. The summed E-state index contributed by atoms with van der Waals surface area (Å²) in [6.07, 6.45) is 5.56. The van der Waals surface area contributed by atoms with E-state index in [0.29, 0.717) is 65.9 Å². The lowest BCUT2D eigenvalue weighted by Crippen LogP contribution is -2.57. The lowest BCUT2D eigenvalue weighted by Gasteiger charge is -2.48. The number of carbonyl (C=O) groups is 1. The number of pyridine rings is 2. The molecule has 2 aromatic carbocycles. The summed E-state index contributed by atoms with van der Waals surface area (Å²) in [4.78, 5) is 36.9. The first kappa shape index (κ1) is 40.2. The zero-order chi connectivity index (χ0) is 41.3. The number of nitrogens with two attached hydrogens (primary N) is 2. The van der Waals surface area contributed by atoms with Gasteiger partial charge in [-0.3, -0.25) is 4.79 Å². The number of aromatic hydroxyl groups is 2. The summed E-state index contributed by atoms with van der Waals surface area (Å²) < 4.78 is 20.1. The number of nitrogen functional groups attached to an aromatic ring is 2. The van der Waals surface area contributed by atoms with E-state index in [9.17, 15) is 30.0 Å². The lowest BCUT2D eigenvalue weighted by molar-refractivity contribution is -0.165. The summed E-state index contributed by atoms with van der Waals surface area (Å²) >= 11 is 0. The number of benzene rings is 2. The third-order valence-electron chi connectivity index (χ3n) is 11.8. The largest absolute Gasteiger partial charge is 0.508 e. The second kappa shape index (κ2) is 16.5. The predicted molar refractivity (Wildman–Crippen MR) is 218 cm³/mol. The molecular weight excluding hydrogens is 743 g/mol. The van der Waals surface area contributed by atoms with E-state index in [1.165, 1.54) is 6.07 Å². The van der Waals surface area contributed by atoms with Crippen molar-refractivity contribution < 1.29 is 39.1 Å². The molecule has 5 atom stereocenters. The Kier molecular flexibility index (Phi) is 11.4. The number of esters is 1. The third kappa shape index (κ3) is 7.34. The maximum atomic E-state index is 14.0. The first-order valence-electron chi connectivity index (χ1n) is 19.4. The second-order valence-corrected chi connectivity index (χ2v) is 15.2. The minimum atomic E-state index is -1.31. The highest BCUT2D eigenvalue weighted by Crippen LogP contribution is 2.56. The number of phenolic OH excluding ortho intramolecular Hbond substituents is 2. The van der Waals surface area contributed by atoms with Crippen LogP contribution in [0.5, 0.6) is 17.2 Å². The van der Waals surface area contributed by atoms with E-state index in [1.54, 1.807) is 62.8 Å². The Morgan fingerprint density at radius 3 is 2.62 bits per heavy atom. The molecule has 0 saturated heterocycles. The standard InChI is InChI=1S/C44H49N5O9/c1-4-24(12-14-47-3)43(55)57-34-19-31-39(54)37-33(53)18-28(21-50)56-41(37)38-36(32(22-51)25-6-5-7-27(52)17-25)29-13-15-48-42(46)30(29)10-9-26(44(34,2)58-40(31)38)16-23-8-11-35(45)49-20-23/h4-8,11,13,15,17-18,20,26,32,34,36,47,50-52,54H,9-10,12,14,16,19,21-22H2,1-3H3,(H2,45,49)(H2,46,48). The number of fused-ring (bicyclic) bond motifs is 4. The van der Waals surface area contributed by atoms with Crippen molar-refractivity contribution in [1.82, 2.24) is 15.3 Å². The molecule has 5 aromatic rings. The number of rotatable bonds is 11. The Labute approximate surface area is 335 Å². The van der Waals surface area contributed by atoms with E-state index in [1.807, 2.05) is 13.0 Å². The number of aliphatic hydroxyl groups excluding tert-OH is 2. The number of carbonyl (C=O) groups excluding carboxylic acids is 1. The van der Waals surface area contributed by atoms with Gasteiger partial charge in [0.2, 0.25) is 0 Å². The van der Waals surface area contributed by atoms with E-state index in [4.69, 9.17) is 25.4 Å². The Morgan fingerprint density at radius 2 is 1.93 bits per heavy atom. The molecule has 0 spiro atoms. The van der Waals surface area contributed by atoms with Gasteiger partial charge in [0.15, 0.2) is 5.43 Å². The number of hydrogen-bond donors (Lipinski definition) is 7. The van der Waals surface area contributed by atoms with E-state index in [-0.39, 0.29) is 46.0 Å². The molecule has 3 aromatic heterocycles. The summed E-state index contributed by atoms with van der Waals surface area (Å²) in [6, 6.07) is 13.0. The van der Waals surface area contributed by atoms with Crippen LogP contribution >= 0.6 is 0 Å². The Morgan fingerprint density at radius 1 is 1.12 bits per heavy atom. The van der Waals surface area contributed by atoms with Crippen LogP contribution in [0.25, 0.3) is 11.0 Å². The van der Waals surface area contributed by atoms with Crippen molar-refractivity contribution >= 4 is 28.6 Å². The first-order chi connectivity index (χ1) is 27.9. The first-order valence-corrected chi connectivity index (χ1v) is 19.4. The van der Waals surface area contributed by atoms with Crippen LogP contribution in [0.15, 0.2) is 81.8 Å². The summed E-state index contributed by atoms with van der Waals surface area (Å²) in [5.74, 6) is -2.37. The van der Waals surface area contributed by atoms with Crippen LogP contribution in [-0.4, -0.2) is 68.3 Å². The molecule has 0 radical (unpaired) electrons. The fourth-order valence-corrected chi connectivity index (χ4v) is 8.72. The number of aromatic nitrogens is 2. The van der Waals surface area contributed by atoms with Gasteiger partial charge in [-0.2, -0.15) is 0 Å². The van der Waals surface area contributed by atoms with Crippen LogP contribution in [0, 0.1) is 5.92 Å². The molecule has 2 aliphatic heterocycles. The lowest BCUT2D eigenvalue weighted by atomic mass is 9.69. The predicted octanol–water partition coefficient (Wildman–Crippen LogP) is 4.53. The highest BCUT2D eigenvalue weighted by atomic mass is 16.6. The number of phenols is 2. The summed E-state index contributed by atoms with van der Waals surface area (Å²) in [6.45, 7) is 3.11. The van der Waals surface area contributed by atoms with Gasteiger partial charge in [-0.1, -0.05) is 24.3 Å². The molecule has 0 fully saturated rings. The minimum absolute atomic E-state index is 0.0272. The molecule has 7 rings (SSSR count). The smallest absolute Gasteiger partial charge is 0.334 e. The molecule has 0 aliphatic carbocycles. The number of allylic oxidation sites excluding steroid dienone is 1. The number of nitrogens with one attached hydrogen (secondary N) is 1. The minimum Gasteiger partial charge on any atom is -0.508 e. The van der Waals surface area contributed by atoms with Gasteiger partial charge in [-0.15, -0.1) is 0 Å². The molecule has 5 heterocycles. The van der Waals surface area contributed by atoms with E-state index >= 15 is 0 Å². The van der Waals surface area contributed by atoms with Crippen LogP contribution in [0.4, 0.5) is 11.6 Å². The zero-order valence-corrected chi connectivity index (χ0v) is 32.7. The van der Waals surface area contributed by atoms with Crippen molar-refractivity contribution in [3.05, 3.63) is 122 Å². The Balaban J connectivity index is 1.57. The quantitative estimate of drug-likeness (QED) is 0.0720. The van der Waals surface area contributed by atoms with Crippen molar-refractivity contribution in [3.63, 3.8) is 0 Å². The van der Waals surface area contributed by atoms with Gasteiger partial charge < -0.3 is 51.1 Å². The summed E-state index contributed by atoms with van der Waals surface area (Å²) in [5.41, 5.74) is 14.4. The van der Waals surface area contributed by atoms with Gasteiger partial charge in [0.25, 0.3) is 0 Å². The maximum absolute atomic E-state index is 14.0. The fraction of sp³-hybridized carbons (Fsp3) is 0.364. The highest BCUT2D eigenvalue weighted by Gasteiger charge is 2.52. The molecule has 0 amide bonds. The molecule has 14 nitrogen and oxygen atoms in total. The normalized spacial score (nSPS) is 20.8. The molecule has 14 heteroatoms. The molecular formula is C44H49N5O9. The van der Waals surface area contributed by atoms with E-state index < -0.39 is 59.8 Å². The number of hydrogen-bond acceptors (Lipinski definition) is 14. The van der Waals surface area contributed by atoms with Crippen LogP contribution in [0.3, 0.4) is 0 Å². The topological polar surface area (TPSA) is 237 Å². The summed E-state index contributed by atoms with van der Waals surface area (Å²) in [5, 5.41) is 47.4. The number of aliphatic hydroxyl groups is 2. The number of anilines is 2. The average Bonchev–Trinajstić information content (AvgIpc) is 3.20. The van der Waals surface area contributed by atoms with Gasteiger partial charge >= 0.3 is 5.97 Å². The van der Waals surface area contributed by atoms with Crippen LogP contribution in [-0.2, 0) is 35.4 Å². The SMILES string of the molecule is CC=C(CCNC)C(=O)OC1Cc2c3c(c4oc(CO)cc(=O)c4c2O)C(C(CO)c2cccc(O)c2)c2ccnc(N)c2CCC(Cc2ccc(N)nc2)C1(C)O3. The number of nitrogens with zero attached hydrogens (tertiary/aromatic N) is 2. The molecule has 58 heavy (non-hydrogen) atoms. The monoisotopic (exact) mass is 791 g/mol. The van der Waals surface area contributed by atoms with Gasteiger partial charge in [0.05, 0.1) is 6.61 Å². The third-order valence-corrected chi connectivity index (χ3v) is 11.8. The molecule has 2 bridgehead atoms. The van der Waals surface area contributed by atoms with Crippen molar-refractivity contribution in [1.29, 1.82) is 0 Å². The highest BCUT2D eigenvalue weighted by molar-refractivity contribution is 5.92. The number of ether oxygens (including phenoxy) is 2. The van der Waals surface area contributed by atoms with Crippen molar-refractivity contribution in [2.45, 2.75) is 76.1 Å². The fourth-order valence-electron chi connectivity index (χ4n) is 8.72.